The summed E-state index contributed by atoms with van der Waals surface area (Å²) in [5, 5.41) is 3.93. The first-order valence-electron chi connectivity index (χ1n) is 4.85. The maximum Gasteiger partial charge on any atom is 0.168 e. The van der Waals surface area contributed by atoms with E-state index in [1.165, 1.54) is 0 Å². The molecule has 0 aliphatic rings. The van der Waals surface area contributed by atoms with Crippen molar-refractivity contribution in [2.24, 2.45) is 5.41 Å². The van der Waals surface area contributed by atoms with Gasteiger partial charge in [0, 0.05) is 27.2 Å². The molecule has 0 bridgehead atoms. The van der Waals surface area contributed by atoms with Crippen LogP contribution >= 0.6 is 12.2 Å². The van der Waals surface area contributed by atoms with E-state index in [-0.39, 0.29) is 5.41 Å². The summed E-state index contributed by atoms with van der Waals surface area (Å²) in [6, 6.07) is 0. The molecule has 0 saturated heterocycles. The Morgan fingerprint density at radius 1 is 1.43 bits per heavy atom. The van der Waals surface area contributed by atoms with Crippen molar-refractivity contribution in [1.82, 2.24) is 10.2 Å². The van der Waals surface area contributed by atoms with Gasteiger partial charge < -0.3 is 15.0 Å². The highest BCUT2D eigenvalue weighted by Gasteiger charge is 2.14. The minimum Gasteiger partial charge on any atom is -0.383 e. The number of ether oxygens (including phenoxy) is 1. The Morgan fingerprint density at radius 2 is 2.00 bits per heavy atom. The molecule has 0 amide bonds. The summed E-state index contributed by atoms with van der Waals surface area (Å²) in [5.74, 6) is 0. The van der Waals surface area contributed by atoms with Gasteiger partial charge in [0.15, 0.2) is 5.11 Å². The fourth-order valence-electron chi connectivity index (χ4n) is 1.18. The van der Waals surface area contributed by atoms with Crippen LogP contribution in [0.4, 0.5) is 0 Å². The lowest BCUT2D eigenvalue weighted by atomic mass is 9.96. The molecule has 0 aliphatic heterocycles. The van der Waals surface area contributed by atoms with E-state index in [0.29, 0.717) is 6.61 Å². The van der Waals surface area contributed by atoms with Gasteiger partial charge in [-0.15, -0.1) is 0 Å². The Bertz CT molecular complexity index is 177. The van der Waals surface area contributed by atoms with Crippen molar-refractivity contribution in [2.75, 3.05) is 33.9 Å². The van der Waals surface area contributed by atoms with Crippen molar-refractivity contribution in [1.29, 1.82) is 0 Å². The van der Waals surface area contributed by atoms with Crippen LogP contribution in [0, 0.1) is 5.41 Å². The number of methoxy groups -OCH3 is 1. The van der Waals surface area contributed by atoms with E-state index in [0.717, 1.165) is 18.2 Å². The fourth-order valence-corrected chi connectivity index (χ4v) is 1.34. The van der Waals surface area contributed by atoms with E-state index in [9.17, 15) is 0 Å². The number of rotatable bonds is 4. The predicted molar refractivity (Wildman–Crippen MR) is 64.6 cm³/mol. The summed E-state index contributed by atoms with van der Waals surface area (Å²) in [4.78, 5) is 2.06. The van der Waals surface area contributed by atoms with Gasteiger partial charge in [-0.1, -0.05) is 20.8 Å². The van der Waals surface area contributed by atoms with Crippen LogP contribution in [0.15, 0.2) is 0 Å². The molecule has 0 rings (SSSR count). The number of hydrogen-bond acceptors (Lipinski definition) is 2. The van der Waals surface area contributed by atoms with E-state index >= 15 is 0 Å². The third kappa shape index (κ3) is 7.09. The van der Waals surface area contributed by atoms with Crippen LogP contribution in [0.3, 0.4) is 0 Å². The quantitative estimate of drug-likeness (QED) is 0.571. The Labute approximate surface area is 92.8 Å². The molecule has 0 aromatic heterocycles. The zero-order valence-corrected chi connectivity index (χ0v) is 10.7. The van der Waals surface area contributed by atoms with Gasteiger partial charge in [0.05, 0.1) is 6.61 Å². The molecule has 0 spiro atoms. The molecule has 0 radical (unpaired) electrons. The third-order valence-electron chi connectivity index (χ3n) is 1.64. The zero-order valence-electron chi connectivity index (χ0n) is 9.89. The van der Waals surface area contributed by atoms with Gasteiger partial charge in [0.2, 0.25) is 0 Å². The van der Waals surface area contributed by atoms with Crippen LogP contribution in [-0.2, 0) is 4.74 Å². The van der Waals surface area contributed by atoms with Crippen molar-refractivity contribution >= 4 is 17.3 Å². The van der Waals surface area contributed by atoms with Crippen LogP contribution in [0.25, 0.3) is 0 Å². The summed E-state index contributed by atoms with van der Waals surface area (Å²) in [6.07, 6.45) is 0. The van der Waals surface area contributed by atoms with Crippen LogP contribution in [0.1, 0.15) is 20.8 Å². The predicted octanol–water partition coefficient (Wildman–Crippen LogP) is 1.49. The molecule has 14 heavy (non-hydrogen) atoms. The molecule has 0 fully saturated rings. The van der Waals surface area contributed by atoms with Gasteiger partial charge >= 0.3 is 0 Å². The highest BCUT2D eigenvalue weighted by molar-refractivity contribution is 7.80. The van der Waals surface area contributed by atoms with Crippen molar-refractivity contribution in [3.05, 3.63) is 0 Å². The summed E-state index contributed by atoms with van der Waals surface area (Å²) in [7, 11) is 3.69. The number of thiocarbonyl (C=S) groups is 1. The average molecular weight is 218 g/mol. The molecule has 0 aromatic carbocycles. The second-order valence-corrected chi connectivity index (χ2v) is 5.03. The van der Waals surface area contributed by atoms with Crippen LogP contribution in [0.2, 0.25) is 0 Å². The fraction of sp³-hybridized carbons (Fsp3) is 0.900. The second kappa shape index (κ2) is 6.19. The van der Waals surface area contributed by atoms with E-state index < -0.39 is 0 Å². The van der Waals surface area contributed by atoms with Crippen molar-refractivity contribution in [3.63, 3.8) is 0 Å². The molecule has 0 aromatic rings. The van der Waals surface area contributed by atoms with E-state index in [4.69, 9.17) is 17.0 Å². The maximum atomic E-state index is 5.22. The summed E-state index contributed by atoms with van der Waals surface area (Å²) in [6.45, 7) is 8.99. The molecule has 4 heteroatoms. The smallest absolute Gasteiger partial charge is 0.168 e. The first-order valence-corrected chi connectivity index (χ1v) is 5.25. The summed E-state index contributed by atoms with van der Waals surface area (Å²) >= 11 is 5.22. The third-order valence-corrected chi connectivity index (χ3v) is 2.10. The van der Waals surface area contributed by atoms with Crippen molar-refractivity contribution in [3.8, 4) is 0 Å². The molecule has 0 aliphatic carbocycles. The summed E-state index contributed by atoms with van der Waals surface area (Å²) < 4.78 is 4.93. The molecule has 1 N–H and O–H groups in total. The Kier molecular flexibility index (Phi) is 6.04. The second-order valence-electron chi connectivity index (χ2n) is 4.64. The summed E-state index contributed by atoms with van der Waals surface area (Å²) in [5.41, 5.74) is 0.266. The van der Waals surface area contributed by atoms with Crippen molar-refractivity contribution in [2.45, 2.75) is 20.8 Å². The first-order chi connectivity index (χ1) is 6.37. The van der Waals surface area contributed by atoms with E-state index in [2.05, 4.69) is 31.0 Å². The Balaban J connectivity index is 3.77. The molecular weight excluding hydrogens is 196 g/mol. The van der Waals surface area contributed by atoms with Crippen LogP contribution < -0.4 is 5.32 Å². The van der Waals surface area contributed by atoms with E-state index in [1.54, 1.807) is 7.11 Å². The highest BCUT2D eigenvalue weighted by Crippen LogP contribution is 2.13. The van der Waals surface area contributed by atoms with E-state index in [1.807, 2.05) is 7.05 Å². The number of nitrogens with zero attached hydrogens (tertiary/aromatic N) is 1. The topological polar surface area (TPSA) is 24.5 Å². The van der Waals surface area contributed by atoms with Gasteiger partial charge in [-0.05, 0) is 17.6 Å². The number of hydrogen-bond donors (Lipinski definition) is 1. The maximum absolute atomic E-state index is 5.22. The van der Waals surface area contributed by atoms with Gasteiger partial charge in [0.25, 0.3) is 0 Å². The first kappa shape index (κ1) is 13.7. The van der Waals surface area contributed by atoms with Gasteiger partial charge in [-0.2, -0.15) is 0 Å². The highest BCUT2D eigenvalue weighted by atomic mass is 32.1. The lowest BCUT2D eigenvalue weighted by Gasteiger charge is -2.28. The Morgan fingerprint density at radius 3 is 2.43 bits per heavy atom. The molecule has 3 nitrogen and oxygen atoms in total. The molecule has 84 valence electrons. The van der Waals surface area contributed by atoms with Gasteiger partial charge in [0.1, 0.15) is 0 Å². The largest absolute Gasteiger partial charge is 0.383 e. The van der Waals surface area contributed by atoms with Crippen molar-refractivity contribution < 1.29 is 4.74 Å². The Hall–Kier alpha value is -0.350. The molecular formula is C10H22N2OS. The average Bonchev–Trinajstić information content (AvgIpc) is 2.01. The zero-order chi connectivity index (χ0) is 11.2. The lowest BCUT2D eigenvalue weighted by molar-refractivity contribution is 0.202. The molecule has 0 atom stereocenters. The lowest BCUT2D eigenvalue weighted by Crippen LogP contribution is -2.42. The molecule has 0 heterocycles. The normalized spacial score (nSPS) is 11.2. The standard InChI is InChI=1S/C10H22N2OS/c1-10(2,3)8-12(4)9(14)11-6-7-13-5/h6-8H2,1-5H3,(H,11,14). The SMILES string of the molecule is COCCNC(=S)N(C)CC(C)(C)C. The minimum absolute atomic E-state index is 0.266. The number of nitrogens with one attached hydrogen (secondary N) is 1. The van der Waals surface area contributed by atoms with Crippen LogP contribution in [0.5, 0.6) is 0 Å². The minimum atomic E-state index is 0.266. The molecule has 0 unspecified atom stereocenters. The van der Waals surface area contributed by atoms with Gasteiger partial charge in [-0.25, -0.2) is 0 Å². The van der Waals surface area contributed by atoms with Crippen LogP contribution in [-0.4, -0.2) is 43.9 Å². The monoisotopic (exact) mass is 218 g/mol. The molecule has 0 saturated carbocycles. The van der Waals surface area contributed by atoms with Gasteiger partial charge in [-0.3, -0.25) is 0 Å².